The Bertz CT molecular complexity index is 587. The number of carbonyl (C=O) groups is 2. The summed E-state index contributed by atoms with van der Waals surface area (Å²) in [5.41, 5.74) is 9.10. The van der Waals surface area contributed by atoms with Crippen molar-refractivity contribution < 1.29 is 14.3 Å². The Hall–Kier alpha value is -1.92. The Morgan fingerprint density at radius 3 is 2.17 bits per heavy atom. The molecule has 1 aliphatic rings. The highest BCUT2D eigenvalue weighted by atomic mass is 16.5. The first-order valence-corrected chi connectivity index (χ1v) is 8.28. The number of hydrogen-bond acceptors (Lipinski definition) is 5. The molecule has 3 N–H and O–H groups in total. The third-order valence-electron chi connectivity index (χ3n) is 4.56. The van der Waals surface area contributed by atoms with Crippen LogP contribution < -0.4 is 16.2 Å². The van der Waals surface area contributed by atoms with E-state index in [4.69, 9.17) is 4.74 Å². The second kappa shape index (κ2) is 7.77. The number of esters is 1. The molecule has 0 radical (unpaired) electrons. The normalized spacial score (nSPS) is 24.5. The highest BCUT2D eigenvalue weighted by Gasteiger charge is 2.33. The van der Waals surface area contributed by atoms with Gasteiger partial charge in [0.25, 0.3) is 0 Å². The quantitative estimate of drug-likeness (QED) is 0.712. The number of amides is 1. The molecule has 6 nitrogen and oxygen atoms in total. The molecule has 3 unspecified atom stereocenters. The van der Waals surface area contributed by atoms with Crippen LogP contribution in [0.1, 0.15) is 43.0 Å². The maximum absolute atomic E-state index is 12.5. The molecule has 1 heterocycles. The second-order valence-electron chi connectivity index (χ2n) is 6.68. The van der Waals surface area contributed by atoms with Gasteiger partial charge in [0.15, 0.2) is 6.04 Å². The molecule has 1 fully saturated rings. The summed E-state index contributed by atoms with van der Waals surface area (Å²) in [6.45, 7) is 8.00. The molecule has 132 valence electrons. The highest BCUT2D eigenvalue weighted by molar-refractivity contribution is 5.85. The van der Waals surface area contributed by atoms with Crippen LogP contribution in [0.2, 0.25) is 0 Å². The third-order valence-corrected chi connectivity index (χ3v) is 4.56. The second-order valence-corrected chi connectivity index (χ2v) is 6.68. The molecule has 1 aromatic rings. The first-order valence-electron chi connectivity index (χ1n) is 8.28. The van der Waals surface area contributed by atoms with Crippen LogP contribution in [0.5, 0.6) is 0 Å². The predicted octanol–water partition coefficient (Wildman–Crippen LogP) is 1.52. The lowest BCUT2D eigenvalue weighted by Crippen LogP contribution is -2.37. The van der Waals surface area contributed by atoms with Crippen LogP contribution in [-0.2, 0) is 14.3 Å². The van der Waals surface area contributed by atoms with E-state index in [0.29, 0.717) is 6.42 Å². The van der Waals surface area contributed by atoms with Crippen LogP contribution in [0.4, 0.5) is 0 Å². The summed E-state index contributed by atoms with van der Waals surface area (Å²) in [5.74, 6) is -0.446. The average molecular weight is 333 g/mol. The van der Waals surface area contributed by atoms with Gasteiger partial charge in [-0.1, -0.05) is 29.3 Å². The van der Waals surface area contributed by atoms with Gasteiger partial charge < -0.3 is 10.1 Å². The number of ether oxygens (including phenoxy) is 1. The Balaban J connectivity index is 2.14. The van der Waals surface area contributed by atoms with Gasteiger partial charge in [0.05, 0.1) is 7.11 Å². The van der Waals surface area contributed by atoms with Gasteiger partial charge in [0.2, 0.25) is 5.91 Å². The van der Waals surface area contributed by atoms with E-state index in [1.807, 2.05) is 45.9 Å². The smallest absolute Gasteiger partial charge is 0.333 e. The fourth-order valence-corrected chi connectivity index (χ4v) is 3.27. The van der Waals surface area contributed by atoms with Crippen LogP contribution in [0.15, 0.2) is 18.2 Å². The van der Waals surface area contributed by atoms with Gasteiger partial charge in [0.1, 0.15) is 0 Å². The van der Waals surface area contributed by atoms with Gasteiger partial charge in [0, 0.05) is 24.4 Å². The van der Waals surface area contributed by atoms with E-state index in [-0.39, 0.29) is 23.9 Å². The van der Waals surface area contributed by atoms with Crippen molar-refractivity contribution >= 4 is 11.9 Å². The fourth-order valence-electron chi connectivity index (χ4n) is 3.27. The Labute approximate surface area is 143 Å². The lowest BCUT2D eigenvalue weighted by molar-refractivity contribution is -0.145. The minimum atomic E-state index is -0.783. The van der Waals surface area contributed by atoms with Crippen molar-refractivity contribution in [2.24, 2.45) is 5.92 Å². The summed E-state index contributed by atoms with van der Waals surface area (Å²) < 4.78 is 4.88. The summed E-state index contributed by atoms with van der Waals surface area (Å²) in [6, 6.07) is 5.44. The van der Waals surface area contributed by atoms with Crippen molar-refractivity contribution in [1.82, 2.24) is 16.2 Å². The highest BCUT2D eigenvalue weighted by Crippen LogP contribution is 2.21. The van der Waals surface area contributed by atoms with Gasteiger partial charge in [-0.05, 0) is 33.3 Å². The van der Waals surface area contributed by atoms with Crippen LogP contribution in [0.25, 0.3) is 0 Å². The summed E-state index contributed by atoms with van der Waals surface area (Å²) in [4.78, 5) is 24.7. The van der Waals surface area contributed by atoms with Crippen molar-refractivity contribution in [3.05, 3.63) is 34.9 Å². The van der Waals surface area contributed by atoms with Crippen molar-refractivity contribution in [3.63, 3.8) is 0 Å². The topological polar surface area (TPSA) is 79.5 Å². The third kappa shape index (κ3) is 4.33. The van der Waals surface area contributed by atoms with Crippen LogP contribution in [0, 0.1) is 19.8 Å². The summed E-state index contributed by atoms with van der Waals surface area (Å²) in [6.07, 6.45) is 0.348. The van der Waals surface area contributed by atoms with Gasteiger partial charge >= 0.3 is 5.97 Å². The van der Waals surface area contributed by atoms with E-state index < -0.39 is 12.0 Å². The average Bonchev–Trinajstić information content (AvgIpc) is 2.82. The molecule has 6 heteroatoms. The van der Waals surface area contributed by atoms with E-state index in [1.165, 1.54) is 7.11 Å². The minimum absolute atomic E-state index is 0.154. The van der Waals surface area contributed by atoms with Crippen LogP contribution >= 0.6 is 0 Å². The van der Waals surface area contributed by atoms with Crippen molar-refractivity contribution in [2.45, 2.75) is 52.2 Å². The Morgan fingerprint density at radius 1 is 1.12 bits per heavy atom. The molecular weight excluding hydrogens is 306 g/mol. The molecule has 0 saturated carbocycles. The molecule has 1 amide bonds. The molecular formula is C18H27N3O3. The maximum Gasteiger partial charge on any atom is 0.333 e. The van der Waals surface area contributed by atoms with E-state index in [9.17, 15) is 9.59 Å². The molecule has 0 spiro atoms. The summed E-state index contributed by atoms with van der Waals surface area (Å²) >= 11 is 0. The Kier molecular flexibility index (Phi) is 5.96. The number of carbonyl (C=O) groups excluding carboxylic acids is 2. The molecule has 24 heavy (non-hydrogen) atoms. The predicted molar refractivity (Wildman–Crippen MR) is 92.1 cm³/mol. The van der Waals surface area contributed by atoms with Crippen LogP contribution in [-0.4, -0.2) is 31.1 Å². The molecule has 1 saturated heterocycles. The minimum Gasteiger partial charge on any atom is -0.467 e. The molecule has 1 aromatic carbocycles. The number of benzene rings is 1. The lowest BCUT2D eigenvalue weighted by atomic mass is 9.92. The van der Waals surface area contributed by atoms with Gasteiger partial charge in [-0.25, -0.2) is 4.79 Å². The SMILES string of the molecule is COC(=O)C(NC(=O)CC1C(C)NNC1C)c1cc(C)cc(C)c1. The molecule has 3 atom stereocenters. The monoisotopic (exact) mass is 333 g/mol. The van der Waals surface area contributed by atoms with Gasteiger partial charge in [-0.15, -0.1) is 0 Å². The number of aryl methyl sites for hydroxylation is 2. The molecule has 1 aliphatic heterocycles. The standard InChI is InChI=1S/C18H27N3O3/c1-10-6-11(2)8-14(7-10)17(18(23)24-5)19-16(22)9-15-12(3)20-21-13(15)4/h6-8,12-13,15,17,20-21H,9H2,1-5H3,(H,19,22). The zero-order chi connectivity index (χ0) is 17.9. The van der Waals surface area contributed by atoms with E-state index >= 15 is 0 Å². The van der Waals surface area contributed by atoms with Gasteiger partial charge in [-0.3, -0.25) is 15.6 Å². The lowest BCUT2D eigenvalue weighted by Gasteiger charge is -2.21. The molecule has 0 aromatic heterocycles. The fraction of sp³-hybridized carbons (Fsp3) is 0.556. The first-order chi connectivity index (χ1) is 11.3. The largest absolute Gasteiger partial charge is 0.467 e. The van der Waals surface area contributed by atoms with Crippen molar-refractivity contribution in [1.29, 1.82) is 0 Å². The van der Waals surface area contributed by atoms with Gasteiger partial charge in [-0.2, -0.15) is 0 Å². The number of nitrogens with one attached hydrogen (secondary N) is 3. The van der Waals surface area contributed by atoms with E-state index in [0.717, 1.165) is 16.7 Å². The molecule has 0 bridgehead atoms. The number of hydrazine groups is 1. The van der Waals surface area contributed by atoms with Crippen molar-refractivity contribution in [2.75, 3.05) is 7.11 Å². The number of rotatable bonds is 5. The maximum atomic E-state index is 12.5. The summed E-state index contributed by atoms with van der Waals surface area (Å²) in [5, 5.41) is 2.84. The van der Waals surface area contributed by atoms with Crippen LogP contribution in [0.3, 0.4) is 0 Å². The molecule has 2 rings (SSSR count). The van der Waals surface area contributed by atoms with E-state index in [1.54, 1.807) is 0 Å². The molecule has 0 aliphatic carbocycles. The number of methoxy groups -OCH3 is 1. The van der Waals surface area contributed by atoms with E-state index in [2.05, 4.69) is 16.2 Å². The van der Waals surface area contributed by atoms with Crippen molar-refractivity contribution in [3.8, 4) is 0 Å². The zero-order valence-corrected chi connectivity index (χ0v) is 15.0. The summed E-state index contributed by atoms with van der Waals surface area (Å²) in [7, 11) is 1.33. The first kappa shape index (κ1) is 18.4. The Morgan fingerprint density at radius 2 is 1.67 bits per heavy atom. The number of hydrogen-bond donors (Lipinski definition) is 3. The zero-order valence-electron chi connectivity index (χ0n) is 15.0.